The molecule has 0 unspecified atom stereocenters. The van der Waals surface area contributed by atoms with Crippen LogP contribution in [0.4, 0.5) is 8.78 Å². The van der Waals surface area contributed by atoms with Gasteiger partial charge < -0.3 is 9.47 Å². The van der Waals surface area contributed by atoms with Crippen LogP contribution in [0.5, 0.6) is 11.5 Å². The first-order valence-electron chi connectivity index (χ1n) is 9.42. The lowest BCUT2D eigenvalue weighted by Crippen LogP contribution is -2.02. The molecule has 2 aromatic carbocycles. The number of hydrogen-bond acceptors (Lipinski definition) is 3. The molecule has 0 aliphatic heterocycles. The van der Waals surface area contributed by atoms with Crippen molar-refractivity contribution in [1.29, 1.82) is 0 Å². The highest BCUT2D eigenvalue weighted by Crippen LogP contribution is 2.31. The van der Waals surface area contributed by atoms with Gasteiger partial charge in [-0.2, -0.15) is 4.39 Å². The highest BCUT2D eigenvalue weighted by atomic mass is 19.2. The van der Waals surface area contributed by atoms with Gasteiger partial charge in [0.2, 0.25) is 5.82 Å². The van der Waals surface area contributed by atoms with Crippen LogP contribution >= 0.6 is 0 Å². The third-order valence-corrected chi connectivity index (χ3v) is 4.23. The molecule has 0 amide bonds. The van der Waals surface area contributed by atoms with Crippen LogP contribution in [0.1, 0.15) is 52.4 Å². The Morgan fingerprint density at radius 3 is 2.22 bits per heavy atom. The summed E-state index contributed by atoms with van der Waals surface area (Å²) in [7, 11) is 0. The predicted octanol–water partition coefficient (Wildman–Crippen LogP) is 6.30. The van der Waals surface area contributed by atoms with E-state index in [1.54, 1.807) is 12.1 Å². The Bertz CT molecular complexity index is 742. The largest absolute Gasteiger partial charge is 0.490 e. The zero-order valence-electron chi connectivity index (χ0n) is 15.9. The molecule has 0 fully saturated rings. The van der Waals surface area contributed by atoms with Gasteiger partial charge in [-0.05, 0) is 36.2 Å². The molecule has 146 valence electrons. The molecule has 0 spiro atoms. The van der Waals surface area contributed by atoms with Crippen LogP contribution in [0.15, 0.2) is 36.4 Å². The van der Waals surface area contributed by atoms with Crippen molar-refractivity contribution in [3.05, 3.63) is 48.0 Å². The van der Waals surface area contributed by atoms with E-state index in [2.05, 4.69) is 6.92 Å². The van der Waals surface area contributed by atoms with E-state index in [0.717, 1.165) is 19.3 Å². The van der Waals surface area contributed by atoms with Crippen LogP contribution in [-0.4, -0.2) is 12.6 Å². The van der Waals surface area contributed by atoms with E-state index in [4.69, 9.17) is 9.47 Å². The molecule has 0 bridgehead atoms. The number of unbranched alkanes of at least 4 members (excludes halogenated alkanes) is 5. The van der Waals surface area contributed by atoms with Crippen molar-refractivity contribution in [3.63, 3.8) is 0 Å². The Morgan fingerprint density at radius 2 is 1.56 bits per heavy atom. The van der Waals surface area contributed by atoms with Crippen LogP contribution in [0.25, 0.3) is 11.1 Å². The first-order chi connectivity index (χ1) is 13.0. The summed E-state index contributed by atoms with van der Waals surface area (Å²) < 4.78 is 39.1. The van der Waals surface area contributed by atoms with E-state index in [1.165, 1.54) is 50.5 Å². The van der Waals surface area contributed by atoms with Crippen LogP contribution in [0, 0.1) is 11.6 Å². The average Bonchev–Trinajstić information content (AvgIpc) is 2.65. The number of esters is 1. The molecule has 0 aliphatic carbocycles. The zero-order valence-corrected chi connectivity index (χ0v) is 15.9. The standard InChI is InChI=1S/C22H26F2O3/c1-3-4-5-6-7-8-15-26-20-14-13-19(21(23)22(20)24)17-9-11-18(12-10-17)27-16(2)25/h9-14H,3-8,15H2,1-2H3. The quantitative estimate of drug-likeness (QED) is 0.277. The van der Waals surface area contributed by atoms with E-state index in [1.807, 2.05) is 0 Å². The minimum Gasteiger partial charge on any atom is -0.490 e. The summed E-state index contributed by atoms with van der Waals surface area (Å²) in [5, 5.41) is 0. The highest BCUT2D eigenvalue weighted by molar-refractivity contribution is 5.70. The molecule has 0 heterocycles. The molecule has 0 radical (unpaired) electrons. The van der Waals surface area contributed by atoms with Gasteiger partial charge in [-0.1, -0.05) is 51.2 Å². The van der Waals surface area contributed by atoms with Gasteiger partial charge in [0.05, 0.1) is 6.61 Å². The molecule has 0 N–H and O–H groups in total. The summed E-state index contributed by atoms with van der Waals surface area (Å²) in [5.74, 6) is -2.09. The van der Waals surface area contributed by atoms with Crippen LogP contribution in [-0.2, 0) is 4.79 Å². The maximum Gasteiger partial charge on any atom is 0.308 e. The van der Waals surface area contributed by atoms with Gasteiger partial charge in [0.1, 0.15) is 5.75 Å². The molecule has 0 saturated carbocycles. The normalized spacial score (nSPS) is 10.7. The molecule has 2 aromatic rings. The molecule has 2 rings (SSSR count). The summed E-state index contributed by atoms with van der Waals surface area (Å²) in [6.07, 6.45) is 6.60. The van der Waals surface area contributed by atoms with Crippen molar-refractivity contribution < 1.29 is 23.0 Å². The van der Waals surface area contributed by atoms with Crippen LogP contribution < -0.4 is 9.47 Å². The second-order valence-electron chi connectivity index (χ2n) is 6.47. The monoisotopic (exact) mass is 376 g/mol. The summed E-state index contributed by atoms with van der Waals surface area (Å²) in [6, 6.07) is 9.18. The van der Waals surface area contributed by atoms with E-state index in [0.29, 0.717) is 17.9 Å². The molecule has 0 atom stereocenters. The molecule has 5 heteroatoms. The van der Waals surface area contributed by atoms with Crippen molar-refractivity contribution in [1.82, 2.24) is 0 Å². The number of benzene rings is 2. The molecule has 0 saturated heterocycles. The maximum absolute atomic E-state index is 14.4. The minimum absolute atomic E-state index is 0.0682. The number of carbonyl (C=O) groups excluding carboxylic acids is 1. The van der Waals surface area contributed by atoms with Gasteiger partial charge in [-0.25, -0.2) is 4.39 Å². The third kappa shape index (κ3) is 6.35. The van der Waals surface area contributed by atoms with E-state index in [9.17, 15) is 13.6 Å². The number of rotatable bonds is 10. The fourth-order valence-corrected chi connectivity index (χ4v) is 2.80. The lowest BCUT2D eigenvalue weighted by atomic mass is 10.0. The molecule has 0 aliphatic rings. The summed E-state index contributed by atoms with van der Waals surface area (Å²) in [4.78, 5) is 10.9. The van der Waals surface area contributed by atoms with E-state index in [-0.39, 0.29) is 11.3 Å². The van der Waals surface area contributed by atoms with Crippen molar-refractivity contribution in [2.24, 2.45) is 0 Å². The summed E-state index contributed by atoms with van der Waals surface area (Å²) >= 11 is 0. The lowest BCUT2D eigenvalue weighted by Gasteiger charge is -2.11. The van der Waals surface area contributed by atoms with E-state index >= 15 is 0 Å². The Kier molecular flexibility index (Phi) is 8.24. The number of halogens is 2. The average molecular weight is 376 g/mol. The maximum atomic E-state index is 14.4. The Hall–Kier alpha value is -2.43. The molecular formula is C22H26F2O3. The van der Waals surface area contributed by atoms with Crippen LogP contribution in [0.3, 0.4) is 0 Å². The third-order valence-electron chi connectivity index (χ3n) is 4.23. The lowest BCUT2D eigenvalue weighted by molar-refractivity contribution is -0.131. The summed E-state index contributed by atoms with van der Waals surface area (Å²) in [6.45, 7) is 3.84. The van der Waals surface area contributed by atoms with Gasteiger partial charge in [0.15, 0.2) is 11.6 Å². The second kappa shape index (κ2) is 10.7. The fourth-order valence-electron chi connectivity index (χ4n) is 2.80. The molecular weight excluding hydrogens is 350 g/mol. The predicted molar refractivity (Wildman–Crippen MR) is 102 cm³/mol. The Morgan fingerprint density at radius 1 is 0.889 bits per heavy atom. The molecule has 27 heavy (non-hydrogen) atoms. The van der Waals surface area contributed by atoms with Gasteiger partial charge in [-0.3, -0.25) is 4.79 Å². The smallest absolute Gasteiger partial charge is 0.308 e. The zero-order chi connectivity index (χ0) is 19.6. The highest BCUT2D eigenvalue weighted by Gasteiger charge is 2.16. The molecule has 0 aromatic heterocycles. The SMILES string of the molecule is CCCCCCCCOc1ccc(-c2ccc(OC(C)=O)cc2)c(F)c1F. The van der Waals surface area contributed by atoms with Gasteiger partial charge in [0.25, 0.3) is 0 Å². The van der Waals surface area contributed by atoms with Gasteiger partial charge in [-0.15, -0.1) is 0 Å². The fraction of sp³-hybridized carbons (Fsp3) is 0.409. The van der Waals surface area contributed by atoms with Crippen molar-refractivity contribution in [2.75, 3.05) is 6.61 Å². The number of carbonyl (C=O) groups is 1. The van der Waals surface area contributed by atoms with Crippen molar-refractivity contribution in [2.45, 2.75) is 52.4 Å². The topological polar surface area (TPSA) is 35.5 Å². The number of hydrogen-bond donors (Lipinski definition) is 0. The Labute approximate surface area is 159 Å². The van der Waals surface area contributed by atoms with Crippen LogP contribution in [0.2, 0.25) is 0 Å². The Balaban J connectivity index is 1.96. The minimum atomic E-state index is -0.984. The van der Waals surface area contributed by atoms with Crippen molar-refractivity contribution >= 4 is 5.97 Å². The first-order valence-corrected chi connectivity index (χ1v) is 9.42. The van der Waals surface area contributed by atoms with E-state index < -0.39 is 17.6 Å². The van der Waals surface area contributed by atoms with Crippen molar-refractivity contribution in [3.8, 4) is 22.6 Å². The molecule has 3 nitrogen and oxygen atoms in total. The first kappa shape index (κ1) is 20.9. The number of ether oxygens (including phenoxy) is 2. The summed E-state index contributed by atoms with van der Waals surface area (Å²) in [5.41, 5.74) is 0.624. The van der Waals surface area contributed by atoms with Gasteiger partial charge in [0, 0.05) is 12.5 Å². The van der Waals surface area contributed by atoms with Gasteiger partial charge >= 0.3 is 5.97 Å². The second-order valence-corrected chi connectivity index (χ2v) is 6.47.